The van der Waals surface area contributed by atoms with Crippen molar-refractivity contribution in [2.45, 2.75) is 64.2 Å². The van der Waals surface area contributed by atoms with Gasteiger partial charge in [0.15, 0.2) is 0 Å². The lowest BCUT2D eigenvalue weighted by molar-refractivity contribution is 0.620. The molecule has 0 aliphatic rings. The highest BCUT2D eigenvalue weighted by atomic mass is 32.1. The van der Waals surface area contributed by atoms with Gasteiger partial charge in [-0.05, 0) is 63.7 Å². The van der Waals surface area contributed by atoms with Crippen LogP contribution >= 0.6 is 11.3 Å². The van der Waals surface area contributed by atoms with Gasteiger partial charge < -0.3 is 11.5 Å². The van der Waals surface area contributed by atoms with Crippen LogP contribution < -0.4 is 11.5 Å². The summed E-state index contributed by atoms with van der Waals surface area (Å²) in [4.78, 5) is 3.11. The molecule has 0 amide bonds. The Morgan fingerprint density at radius 3 is 1.58 bits per heavy atom. The lowest BCUT2D eigenvalue weighted by Gasteiger charge is -1.99. The Labute approximate surface area is 122 Å². The van der Waals surface area contributed by atoms with Crippen molar-refractivity contribution in [1.29, 1.82) is 0 Å². The fraction of sp³-hybridized carbons (Fsp3) is 0.750. The van der Waals surface area contributed by atoms with Crippen molar-refractivity contribution in [3.05, 3.63) is 21.9 Å². The van der Waals surface area contributed by atoms with Gasteiger partial charge in [0.2, 0.25) is 0 Å². The molecule has 0 radical (unpaired) electrons. The fourth-order valence-corrected chi connectivity index (χ4v) is 3.39. The van der Waals surface area contributed by atoms with Gasteiger partial charge in [-0.3, -0.25) is 0 Å². The number of hydrogen-bond acceptors (Lipinski definition) is 3. The average molecular weight is 282 g/mol. The van der Waals surface area contributed by atoms with Crippen LogP contribution in [0.4, 0.5) is 0 Å². The van der Waals surface area contributed by atoms with E-state index in [-0.39, 0.29) is 0 Å². The molecule has 0 unspecified atom stereocenters. The summed E-state index contributed by atoms with van der Waals surface area (Å²) in [5.41, 5.74) is 11.0. The van der Waals surface area contributed by atoms with E-state index in [0.717, 1.165) is 13.1 Å². The number of nitrogens with two attached hydrogens (primary N) is 2. The van der Waals surface area contributed by atoms with E-state index in [4.69, 9.17) is 11.5 Å². The molecular weight excluding hydrogens is 252 g/mol. The summed E-state index contributed by atoms with van der Waals surface area (Å²) >= 11 is 2.01. The van der Waals surface area contributed by atoms with Crippen LogP contribution in [0.3, 0.4) is 0 Å². The van der Waals surface area contributed by atoms with Gasteiger partial charge in [-0.2, -0.15) is 0 Å². The second kappa shape index (κ2) is 11.4. The Bertz CT molecular complexity index is 309. The summed E-state index contributed by atoms with van der Waals surface area (Å²) in [5, 5.41) is 0. The van der Waals surface area contributed by atoms with Crippen molar-refractivity contribution in [2.24, 2.45) is 11.5 Å². The molecule has 0 bridgehead atoms. The molecule has 0 atom stereocenters. The van der Waals surface area contributed by atoms with Gasteiger partial charge in [0.25, 0.3) is 0 Å². The van der Waals surface area contributed by atoms with Crippen LogP contribution in [0.1, 0.15) is 61.1 Å². The van der Waals surface area contributed by atoms with Gasteiger partial charge in [0.1, 0.15) is 0 Å². The van der Waals surface area contributed by atoms with Crippen LogP contribution in [0.5, 0.6) is 0 Å². The smallest absolute Gasteiger partial charge is 0.00481 e. The SMILES string of the molecule is NCCCCCCCc1ccc(CCCCCN)s1. The second-order valence-corrected chi connectivity index (χ2v) is 6.53. The molecule has 4 N–H and O–H groups in total. The van der Waals surface area contributed by atoms with Crippen molar-refractivity contribution in [3.8, 4) is 0 Å². The quantitative estimate of drug-likeness (QED) is 0.572. The van der Waals surface area contributed by atoms with Crippen LogP contribution in [-0.4, -0.2) is 13.1 Å². The Morgan fingerprint density at radius 2 is 1.05 bits per heavy atom. The van der Waals surface area contributed by atoms with Gasteiger partial charge >= 0.3 is 0 Å². The van der Waals surface area contributed by atoms with E-state index in [9.17, 15) is 0 Å². The Kier molecular flexibility index (Phi) is 10.0. The van der Waals surface area contributed by atoms with Crippen molar-refractivity contribution in [2.75, 3.05) is 13.1 Å². The summed E-state index contributed by atoms with van der Waals surface area (Å²) in [6, 6.07) is 4.64. The number of rotatable bonds is 12. The molecule has 0 aliphatic heterocycles. The standard InChI is InChI=1S/C16H30N2S/c17-13-7-3-1-2-5-9-15-11-12-16(19-15)10-6-4-8-14-18/h11-12H,1-10,13-14,17-18H2. The first-order chi connectivity index (χ1) is 9.36. The molecule has 0 aliphatic carbocycles. The molecule has 2 nitrogen and oxygen atoms in total. The third-order valence-corrected chi connectivity index (χ3v) is 4.68. The predicted octanol–water partition coefficient (Wildman–Crippen LogP) is 3.87. The molecule has 1 rings (SSSR count). The summed E-state index contributed by atoms with van der Waals surface area (Å²) < 4.78 is 0. The second-order valence-electron chi connectivity index (χ2n) is 5.27. The van der Waals surface area contributed by atoms with E-state index in [1.165, 1.54) is 64.2 Å². The van der Waals surface area contributed by atoms with E-state index in [1.807, 2.05) is 11.3 Å². The summed E-state index contributed by atoms with van der Waals surface area (Å²) in [7, 11) is 0. The van der Waals surface area contributed by atoms with E-state index >= 15 is 0 Å². The number of aryl methyl sites for hydroxylation is 2. The van der Waals surface area contributed by atoms with Crippen LogP contribution in [0.15, 0.2) is 12.1 Å². The largest absolute Gasteiger partial charge is 0.330 e. The molecule has 0 saturated heterocycles. The maximum atomic E-state index is 5.51. The maximum absolute atomic E-state index is 5.51. The van der Waals surface area contributed by atoms with Crippen molar-refractivity contribution >= 4 is 11.3 Å². The van der Waals surface area contributed by atoms with Gasteiger partial charge in [-0.1, -0.05) is 25.7 Å². The summed E-state index contributed by atoms with van der Waals surface area (Å²) in [6.07, 6.45) is 12.7. The minimum absolute atomic E-state index is 0.833. The lowest BCUT2D eigenvalue weighted by atomic mass is 10.1. The molecule has 1 aromatic rings. The highest BCUT2D eigenvalue weighted by molar-refractivity contribution is 7.11. The van der Waals surface area contributed by atoms with Crippen LogP contribution in [-0.2, 0) is 12.8 Å². The number of thiophene rings is 1. The zero-order chi connectivity index (χ0) is 13.8. The fourth-order valence-electron chi connectivity index (χ4n) is 2.29. The molecule has 0 aromatic carbocycles. The van der Waals surface area contributed by atoms with E-state index < -0.39 is 0 Å². The Balaban J connectivity index is 2.06. The van der Waals surface area contributed by atoms with Gasteiger partial charge in [0.05, 0.1) is 0 Å². The van der Waals surface area contributed by atoms with Crippen molar-refractivity contribution < 1.29 is 0 Å². The Morgan fingerprint density at radius 1 is 0.632 bits per heavy atom. The van der Waals surface area contributed by atoms with Gasteiger partial charge in [-0.15, -0.1) is 11.3 Å². The molecule has 19 heavy (non-hydrogen) atoms. The molecular formula is C16H30N2S. The Hall–Kier alpha value is -0.380. The third-order valence-electron chi connectivity index (χ3n) is 3.47. The first-order valence-corrected chi connectivity index (χ1v) is 8.66. The first kappa shape index (κ1) is 16.7. The molecule has 0 saturated carbocycles. The van der Waals surface area contributed by atoms with Crippen molar-refractivity contribution in [1.82, 2.24) is 0 Å². The van der Waals surface area contributed by atoms with Crippen LogP contribution in [0, 0.1) is 0 Å². The monoisotopic (exact) mass is 282 g/mol. The molecule has 1 aromatic heterocycles. The highest BCUT2D eigenvalue weighted by Crippen LogP contribution is 2.21. The maximum Gasteiger partial charge on any atom is 0.00481 e. The third kappa shape index (κ3) is 8.40. The van der Waals surface area contributed by atoms with Crippen molar-refractivity contribution in [3.63, 3.8) is 0 Å². The molecule has 0 fully saturated rings. The molecule has 0 spiro atoms. The summed E-state index contributed by atoms with van der Waals surface area (Å²) in [5.74, 6) is 0. The average Bonchev–Trinajstić information content (AvgIpc) is 2.87. The van der Waals surface area contributed by atoms with E-state index in [1.54, 1.807) is 9.75 Å². The van der Waals surface area contributed by atoms with E-state index in [0.29, 0.717) is 0 Å². The predicted molar refractivity (Wildman–Crippen MR) is 86.8 cm³/mol. The van der Waals surface area contributed by atoms with Gasteiger partial charge in [-0.25, -0.2) is 0 Å². The van der Waals surface area contributed by atoms with Crippen LogP contribution in [0.25, 0.3) is 0 Å². The summed E-state index contributed by atoms with van der Waals surface area (Å²) in [6.45, 7) is 1.68. The number of hydrogen-bond donors (Lipinski definition) is 2. The molecule has 1 heterocycles. The van der Waals surface area contributed by atoms with Gasteiger partial charge in [0, 0.05) is 9.75 Å². The zero-order valence-electron chi connectivity index (χ0n) is 12.2. The highest BCUT2D eigenvalue weighted by Gasteiger charge is 2.00. The van der Waals surface area contributed by atoms with E-state index in [2.05, 4.69) is 12.1 Å². The minimum Gasteiger partial charge on any atom is -0.330 e. The van der Waals surface area contributed by atoms with Crippen LogP contribution in [0.2, 0.25) is 0 Å². The topological polar surface area (TPSA) is 52.0 Å². The zero-order valence-corrected chi connectivity index (χ0v) is 13.0. The normalized spacial score (nSPS) is 11.1. The lowest BCUT2D eigenvalue weighted by Crippen LogP contribution is -1.97. The molecule has 110 valence electrons. The first-order valence-electron chi connectivity index (χ1n) is 7.84. The molecule has 3 heteroatoms. The minimum atomic E-state index is 0.833. The number of unbranched alkanes of at least 4 members (excludes halogenated alkanes) is 6.